The van der Waals surface area contributed by atoms with E-state index in [-0.39, 0.29) is 0 Å². The van der Waals surface area contributed by atoms with Crippen molar-refractivity contribution in [1.29, 1.82) is 0 Å². The fourth-order valence-electron chi connectivity index (χ4n) is 2.11. The number of pyridine rings is 1. The number of nitrogens with zero attached hydrogens (tertiary/aromatic N) is 2. The van der Waals surface area contributed by atoms with Crippen LogP contribution in [0.2, 0.25) is 5.02 Å². The zero-order valence-corrected chi connectivity index (χ0v) is 12.5. The first-order chi connectivity index (χ1) is 8.70. The Balaban J connectivity index is 1.93. The number of anilines is 1. The van der Waals surface area contributed by atoms with E-state index >= 15 is 0 Å². The Morgan fingerprint density at radius 2 is 2.22 bits per heavy atom. The largest absolute Gasteiger partial charge is 0.377 e. The summed E-state index contributed by atoms with van der Waals surface area (Å²) in [6.07, 6.45) is 4.03. The summed E-state index contributed by atoms with van der Waals surface area (Å²) in [4.78, 5) is 6.63. The van der Waals surface area contributed by atoms with Gasteiger partial charge in [-0.3, -0.25) is 0 Å². The van der Waals surface area contributed by atoms with Gasteiger partial charge in [0.05, 0.1) is 22.2 Å². The van der Waals surface area contributed by atoms with Crippen molar-refractivity contribution in [3.8, 4) is 0 Å². The fraction of sp³-hybridized carbons (Fsp3) is 0.583. The van der Waals surface area contributed by atoms with Crippen LogP contribution in [0.15, 0.2) is 16.7 Å². The van der Waals surface area contributed by atoms with Gasteiger partial charge in [-0.25, -0.2) is 4.98 Å². The smallest absolute Gasteiger partial charge is 0.142 e. The Morgan fingerprint density at radius 3 is 2.83 bits per heavy atom. The highest BCUT2D eigenvalue weighted by Crippen LogP contribution is 2.28. The molecule has 1 saturated heterocycles. The summed E-state index contributed by atoms with van der Waals surface area (Å²) in [6, 6.07) is 1.88. The Morgan fingerprint density at radius 1 is 1.50 bits per heavy atom. The molecule has 1 aliphatic heterocycles. The van der Waals surface area contributed by atoms with Crippen LogP contribution in [0, 0.1) is 0 Å². The average molecular weight is 335 g/mol. The molecular formula is C12H17BrClN3O. The molecule has 4 nitrogen and oxygen atoms in total. The van der Waals surface area contributed by atoms with Crippen molar-refractivity contribution in [2.45, 2.75) is 18.9 Å². The van der Waals surface area contributed by atoms with E-state index in [1.54, 1.807) is 6.20 Å². The number of rotatable bonds is 4. The van der Waals surface area contributed by atoms with Crippen molar-refractivity contribution in [1.82, 2.24) is 4.98 Å². The zero-order chi connectivity index (χ0) is 13.0. The number of halogens is 2. The van der Waals surface area contributed by atoms with Gasteiger partial charge in [0.25, 0.3) is 0 Å². The Bertz CT molecular complexity index is 397. The summed E-state index contributed by atoms with van der Waals surface area (Å²) in [6.45, 7) is 3.13. The van der Waals surface area contributed by atoms with Gasteiger partial charge in [0.15, 0.2) is 0 Å². The SMILES string of the molecule is NCCOC1CCN(c2ncc(Cl)cc2Br)CC1. The molecule has 1 aromatic heterocycles. The van der Waals surface area contributed by atoms with Crippen LogP contribution < -0.4 is 10.6 Å². The number of ether oxygens (including phenoxy) is 1. The van der Waals surface area contributed by atoms with Crippen molar-refractivity contribution < 1.29 is 4.74 Å². The van der Waals surface area contributed by atoms with Crippen LogP contribution >= 0.6 is 27.5 Å². The monoisotopic (exact) mass is 333 g/mol. The van der Waals surface area contributed by atoms with Gasteiger partial charge in [-0.15, -0.1) is 0 Å². The lowest BCUT2D eigenvalue weighted by atomic mass is 10.1. The number of nitrogens with two attached hydrogens (primary N) is 1. The summed E-state index contributed by atoms with van der Waals surface area (Å²) >= 11 is 9.40. The third kappa shape index (κ3) is 3.57. The van der Waals surface area contributed by atoms with Gasteiger partial charge in [0.2, 0.25) is 0 Å². The van der Waals surface area contributed by atoms with Crippen LogP contribution in [0.3, 0.4) is 0 Å². The molecule has 0 bridgehead atoms. The zero-order valence-electron chi connectivity index (χ0n) is 10.1. The van der Waals surface area contributed by atoms with Crippen LogP contribution in [0.5, 0.6) is 0 Å². The van der Waals surface area contributed by atoms with E-state index < -0.39 is 0 Å². The van der Waals surface area contributed by atoms with Gasteiger partial charge in [-0.05, 0) is 34.8 Å². The van der Waals surface area contributed by atoms with Gasteiger partial charge in [-0.2, -0.15) is 0 Å². The van der Waals surface area contributed by atoms with E-state index in [4.69, 9.17) is 22.1 Å². The highest BCUT2D eigenvalue weighted by Gasteiger charge is 2.21. The number of hydrogen-bond acceptors (Lipinski definition) is 4. The van der Waals surface area contributed by atoms with Crippen molar-refractivity contribution in [2.24, 2.45) is 5.73 Å². The molecule has 1 fully saturated rings. The van der Waals surface area contributed by atoms with Gasteiger partial charge in [0, 0.05) is 25.8 Å². The minimum Gasteiger partial charge on any atom is -0.377 e. The van der Waals surface area contributed by atoms with E-state index in [1.807, 2.05) is 6.07 Å². The van der Waals surface area contributed by atoms with Crippen LogP contribution in [-0.2, 0) is 4.74 Å². The van der Waals surface area contributed by atoms with Gasteiger partial charge in [0.1, 0.15) is 5.82 Å². The maximum atomic E-state index is 5.89. The lowest BCUT2D eigenvalue weighted by Gasteiger charge is -2.33. The molecule has 2 N–H and O–H groups in total. The molecule has 0 amide bonds. The summed E-state index contributed by atoms with van der Waals surface area (Å²) in [5, 5.41) is 0.645. The maximum Gasteiger partial charge on any atom is 0.142 e. The van der Waals surface area contributed by atoms with E-state index in [2.05, 4.69) is 25.8 Å². The predicted molar refractivity (Wildman–Crippen MR) is 77.2 cm³/mol. The third-order valence-electron chi connectivity index (χ3n) is 3.00. The van der Waals surface area contributed by atoms with Crippen molar-refractivity contribution in [2.75, 3.05) is 31.1 Å². The molecule has 1 aliphatic rings. The fourth-order valence-corrected chi connectivity index (χ4v) is 3.00. The third-order valence-corrected chi connectivity index (χ3v) is 3.79. The van der Waals surface area contributed by atoms with E-state index in [0.29, 0.717) is 24.3 Å². The molecule has 0 radical (unpaired) electrons. The molecule has 2 heterocycles. The predicted octanol–water partition coefficient (Wildman–Crippen LogP) is 2.44. The van der Waals surface area contributed by atoms with E-state index in [9.17, 15) is 0 Å². The summed E-state index contributed by atoms with van der Waals surface area (Å²) < 4.78 is 6.60. The molecule has 1 aromatic rings. The Kier molecular flexibility index (Phi) is 5.24. The number of hydrogen-bond donors (Lipinski definition) is 1. The first-order valence-electron chi connectivity index (χ1n) is 6.08. The van der Waals surface area contributed by atoms with Crippen LogP contribution in [0.25, 0.3) is 0 Å². The van der Waals surface area contributed by atoms with Crippen LogP contribution in [0.4, 0.5) is 5.82 Å². The highest BCUT2D eigenvalue weighted by atomic mass is 79.9. The maximum absolute atomic E-state index is 5.89. The van der Waals surface area contributed by atoms with Gasteiger partial charge >= 0.3 is 0 Å². The molecule has 0 aliphatic carbocycles. The van der Waals surface area contributed by atoms with Crippen LogP contribution in [0.1, 0.15) is 12.8 Å². The highest BCUT2D eigenvalue weighted by molar-refractivity contribution is 9.10. The second-order valence-corrected chi connectivity index (χ2v) is 5.60. The lowest BCUT2D eigenvalue weighted by Crippen LogP contribution is -2.38. The average Bonchev–Trinajstić information content (AvgIpc) is 2.37. The molecule has 0 atom stereocenters. The molecule has 6 heteroatoms. The van der Waals surface area contributed by atoms with Crippen molar-refractivity contribution >= 4 is 33.3 Å². The van der Waals surface area contributed by atoms with Gasteiger partial charge in [-0.1, -0.05) is 11.6 Å². The molecule has 2 rings (SSSR count). The van der Waals surface area contributed by atoms with E-state index in [1.165, 1.54) is 0 Å². The second-order valence-electron chi connectivity index (χ2n) is 4.30. The molecule has 0 saturated carbocycles. The Labute approximate surface area is 121 Å². The topological polar surface area (TPSA) is 51.4 Å². The molecule has 0 aromatic carbocycles. The molecule has 0 spiro atoms. The number of aromatic nitrogens is 1. The first kappa shape index (κ1) is 14.1. The first-order valence-corrected chi connectivity index (χ1v) is 7.25. The normalized spacial score (nSPS) is 17.2. The molecule has 0 unspecified atom stereocenters. The quantitative estimate of drug-likeness (QED) is 0.919. The summed E-state index contributed by atoms with van der Waals surface area (Å²) in [5.41, 5.74) is 5.43. The minimum atomic E-state index is 0.330. The second kappa shape index (κ2) is 6.70. The summed E-state index contributed by atoms with van der Waals surface area (Å²) in [7, 11) is 0. The Hall–Kier alpha value is -0.360. The molecule has 18 heavy (non-hydrogen) atoms. The van der Waals surface area contributed by atoms with Gasteiger partial charge < -0.3 is 15.4 Å². The van der Waals surface area contributed by atoms with Crippen molar-refractivity contribution in [3.05, 3.63) is 21.8 Å². The number of piperidine rings is 1. The van der Waals surface area contributed by atoms with E-state index in [0.717, 1.165) is 36.2 Å². The van der Waals surface area contributed by atoms with Crippen molar-refractivity contribution in [3.63, 3.8) is 0 Å². The summed E-state index contributed by atoms with van der Waals surface area (Å²) in [5.74, 6) is 0.955. The standard InChI is InChI=1S/C12H17BrClN3O/c13-11-7-9(14)8-16-12(11)17-4-1-10(2-5-17)18-6-3-15/h7-8,10H,1-6,15H2. The lowest BCUT2D eigenvalue weighted by molar-refractivity contribution is 0.0421. The minimum absolute atomic E-state index is 0.330. The van der Waals surface area contributed by atoms with Crippen LogP contribution in [-0.4, -0.2) is 37.3 Å². The molecule has 100 valence electrons. The molecular weight excluding hydrogens is 318 g/mol.